The standard InChI is InChI=1S/C22H26N2O4S/c1-28-19-11-9-18(10-12-19)24-21-16-29(26,27)15-20(21)23(14-22(24)25)13-5-8-17-6-3-2-4-7-17/h2-4,6-7,9-12,20-21H,5,8,13-16H2,1H3. The normalized spacial score (nSPS) is 23.8. The largest absolute Gasteiger partial charge is 0.497 e. The minimum Gasteiger partial charge on any atom is -0.497 e. The van der Waals surface area contributed by atoms with Gasteiger partial charge in [0.15, 0.2) is 9.84 Å². The van der Waals surface area contributed by atoms with E-state index in [1.165, 1.54) is 5.56 Å². The summed E-state index contributed by atoms with van der Waals surface area (Å²) in [5, 5.41) is 0. The third kappa shape index (κ3) is 4.31. The van der Waals surface area contributed by atoms with Crippen LogP contribution >= 0.6 is 0 Å². The van der Waals surface area contributed by atoms with E-state index in [2.05, 4.69) is 17.0 Å². The van der Waals surface area contributed by atoms with Gasteiger partial charge in [-0.3, -0.25) is 9.69 Å². The molecule has 2 aliphatic rings. The number of sulfone groups is 1. The Morgan fingerprint density at radius 1 is 1.00 bits per heavy atom. The van der Waals surface area contributed by atoms with Crippen molar-refractivity contribution in [1.82, 2.24) is 4.90 Å². The molecule has 4 rings (SSSR count). The molecule has 1 amide bonds. The lowest BCUT2D eigenvalue weighted by Gasteiger charge is -2.43. The molecule has 2 aromatic rings. The molecule has 0 spiro atoms. The highest BCUT2D eigenvalue weighted by molar-refractivity contribution is 7.91. The highest BCUT2D eigenvalue weighted by atomic mass is 32.2. The van der Waals surface area contributed by atoms with Crippen LogP contribution in [0.5, 0.6) is 5.75 Å². The summed E-state index contributed by atoms with van der Waals surface area (Å²) in [5.74, 6) is 0.790. The first kappa shape index (κ1) is 19.9. The van der Waals surface area contributed by atoms with Crippen LogP contribution in [-0.4, -0.2) is 63.0 Å². The average Bonchev–Trinajstić information content (AvgIpc) is 3.04. The number of methoxy groups -OCH3 is 1. The van der Waals surface area contributed by atoms with E-state index in [9.17, 15) is 13.2 Å². The summed E-state index contributed by atoms with van der Waals surface area (Å²) in [5.41, 5.74) is 1.98. The highest BCUT2D eigenvalue weighted by Crippen LogP contribution is 2.32. The number of carbonyl (C=O) groups excluding carboxylic acids is 1. The lowest BCUT2D eigenvalue weighted by atomic mass is 10.0. The molecular formula is C22H26N2O4S. The second kappa shape index (κ2) is 8.16. The van der Waals surface area contributed by atoms with Crippen LogP contribution in [0, 0.1) is 0 Å². The molecule has 154 valence electrons. The lowest BCUT2D eigenvalue weighted by Crippen LogP contribution is -2.62. The van der Waals surface area contributed by atoms with Crippen LogP contribution in [0.1, 0.15) is 12.0 Å². The number of ether oxygens (including phenoxy) is 1. The lowest BCUT2D eigenvalue weighted by molar-refractivity contribution is -0.123. The monoisotopic (exact) mass is 414 g/mol. The number of hydrogen-bond donors (Lipinski definition) is 0. The third-order valence-electron chi connectivity index (χ3n) is 5.81. The van der Waals surface area contributed by atoms with Gasteiger partial charge in [0.1, 0.15) is 5.75 Å². The van der Waals surface area contributed by atoms with Crippen LogP contribution < -0.4 is 9.64 Å². The molecular weight excluding hydrogens is 388 g/mol. The van der Waals surface area contributed by atoms with Crippen molar-refractivity contribution >= 4 is 21.4 Å². The Labute approximate surface area is 172 Å². The summed E-state index contributed by atoms with van der Waals surface area (Å²) in [4.78, 5) is 16.8. The Morgan fingerprint density at radius 2 is 1.69 bits per heavy atom. The van der Waals surface area contributed by atoms with Crippen LogP contribution in [0.2, 0.25) is 0 Å². The molecule has 7 heteroatoms. The molecule has 0 N–H and O–H groups in total. The van der Waals surface area contributed by atoms with Crippen molar-refractivity contribution in [3.05, 3.63) is 60.2 Å². The Balaban J connectivity index is 1.51. The van der Waals surface area contributed by atoms with Crippen LogP contribution in [0.4, 0.5) is 5.69 Å². The summed E-state index contributed by atoms with van der Waals surface area (Å²) < 4.78 is 30.1. The fraction of sp³-hybridized carbons (Fsp3) is 0.409. The van der Waals surface area contributed by atoms with E-state index in [4.69, 9.17) is 4.74 Å². The summed E-state index contributed by atoms with van der Waals surface area (Å²) in [6.45, 7) is 0.964. The molecule has 6 nitrogen and oxygen atoms in total. The number of rotatable bonds is 6. The first-order valence-electron chi connectivity index (χ1n) is 9.91. The van der Waals surface area contributed by atoms with E-state index in [-0.39, 0.29) is 36.0 Å². The Kier molecular flexibility index (Phi) is 5.61. The number of fused-ring (bicyclic) bond motifs is 1. The Bertz CT molecular complexity index is 960. The van der Waals surface area contributed by atoms with Crippen molar-refractivity contribution in [2.24, 2.45) is 0 Å². The summed E-state index contributed by atoms with van der Waals surface area (Å²) in [7, 11) is -1.59. The third-order valence-corrected chi connectivity index (χ3v) is 7.50. The molecule has 0 aromatic heterocycles. The van der Waals surface area contributed by atoms with Gasteiger partial charge < -0.3 is 9.64 Å². The zero-order valence-electron chi connectivity index (χ0n) is 16.5. The van der Waals surface area contributed by atoms with Gasteiger partial charge in [-0.15, -0.1) is 0 Å². The van der Waals surface area contributed by atoms with Crippen LogP contribution in [-0.2, 0) is 21.1 Å². The van der Waals surface area contributed by atoms with Gasteiger partial charge in [0, 0.05) is 11.7 Å². The number of aryl methyl sites for hydroxylation is 1. The number of piperazine rings is 1. The number of amides is 1. The van der Waals surface area contributed by atoms with E-state index in [1.54, 1.807) is 24.1 Å². The maximum atomic E-state index is 13.0. The second-order valence-electron chi connectivity index (χ2n) is 7.73. The maximum absolute atomic E-state index is 13.0. The van der Waals surface area contributed by atoms with Gasteiger partial charge in [0.2, 0.25) is 5.91 Å². The van der Waals surface area contributed by atoms with E-state index >= 15 is 0 Å². The van der Waals surface area contributed by atoms with Gasteiger partial charge in [0.05, 0.1) is 31.2 Å². The minimum atomic E-state index is -3.18. The molecule has 0 bridgehead atoms. The number of hydrogen-bond acceptors (Lipinski definition) is 5. The van der Waals surface area contributed by atoms with Crippen LogP contribution in [0.25, 0.3) is 0 Å². The van der Waals surface area contributed by atoms with Gasteiger partial charge in [-0.1, -0.05) is 30.3 Å². The molecule has 2 aliphatic heterocycles. The van der Waals surface area contributed by atoms with E-state index in [1.807, 2.05) is 30.3 Å². The first-order chi connectivity index (χ1) is 14.0. The predicted octanol–water partition coefficient (Wildman–Crippen LogP) is 2.14. The van der Waals surface area contributed by atoms with Crippen molar-refractivity contribution in [3.8, 4) is 5.75 Å². The maximum Gasteiger partial charge on any atom is 0.241 e. The van der Waals surface area contributed by atoms with Crippen molar-refractivity contribution in [2.75, 3.05) is 36.6 Å². The molecule has 0 radical (unpaired) electrons. The zero-order chi connectivity index (χ0) is 20.4. The number of benzene rings is 2. The van der Waals surface area contributed by atoms with Crippen molar-refractivity contribution in [2.45, 2.75) is 24.9 Å². The van der Waals surface area contributed by atoms with Crippen molar-refractivity contribution in [3.63, 3.8) is 0 Å². The van der Waals surface area contributed by atoms with Gasteiger partial charge >= 0.3 is 0 Å². The zero-order valence-corrected chi connectivity index (χ0v) is 17.3. The Morgan fingerprint density at radius 3 is 2.38 bits per heavy atom. The molecule has 2 fully saturated rings. The first-order valence-corrected chi connectivity index (χ1v) is 11.7. The average molecular weight is 415 g/mol. The number of anilines is 1. The molecule has 0 saturated carbocycles. The topological polar surface area (TPSA) is 66.9 Å². The quantitative estimate of drug-likeness (QED) is 0.725. The molecule has 0 aliphatic carbocycles. The van der Waals surface area contributed by atoms with Crippen LogP contribution in [0.15, 0.2) is 54.6 Å². The van der Waals surface area contributed by atoms with E-state index in [0.717, 1.165) is 18.5 Å². The molecule has 2 aromatic carbocycles. The van der Waals surface area contributed by atoms with Gasteiger partial charge in [-0.05, 0) is 49.2 Å². The SMILES string of the molecule is COc1ccc(N2C(=O)CN(CCCc3ccccc3)C3CS(=O)(=O)CC32)cc1. The molecule has 2 saturated heterocycles. The summed E-state index contributed by atoms with van der Waals surface area (Å²) in [6, 6.07) is 17.0. The second-order valence-corrected chi connectivity index (χ2v) is 9.89. The van der Waals surface area contributed by atoms with Crippen molar-refractivity contribution < 1.29 is 17.9 Å². The summed E-state index contributed by atoms with van der Waals surface area (Å²) >= 11 is 0. The fourth-order valence-corrected chi connectivity index (χ4v) is 6.39. The Hall–Kier alpha value is -2.38. The van der Waals surface area contributed by atoms with Gasteiger partial charge in [-0.25, -0.2) is 8.42 Å². The summed E-state index contributed by atoms with van der Waals surface area (Å²) in [6.07, 6.45) is 1.81. The van der Waals surface area contributed by atoms with Crippen molar-refractivity contribution in [1.29, 1.82) is 0 Å². The highest BCUT2D eigenvalue weighted by Gasteiger charge is 2.49. The molecule has 2 heterocycles. The predicted molar refractivity (Wildman–Crippen MR) is 113 cm³/mol. The molecule has 2 atom stereocenters. The fourth-order valence-electron chi connectivity index (χ4n) is 4.41. The number of nitrogens with zero attached hydrogens (tertiary/aromatic N) is 2. The van der Waals surface area contributed by atoms with E-state index < -0.39 is 9.84 Å². The van der Waals surface area contributed by atoms with Gasteiger partial charge in [-0.2, -0.15) is 0 Å². The molecule has 2 unspecified atom stereocenters. The van der Waals surface area contributed by atoms with Crippen LogP contribution in [0.3, 0.4) is 0 Å². The van der Waals surface area contributed by atoms with E-state index in [0.29, 0.717) is 12.3 Å². The minimum absolute atomic E-state index is 0.0185. The van der Waals surface area contributed by atoms with Gasteiger partial charge in [0.25, 0.3) is 0 Å². The smallest absolute Gasteiger partial charge is 0.241 e. The number of carbonyl (C=O) groups is 1. The molecule has 29 heavy (non-hydrogen) atoms.